The Hall–Kier alpha value is -1.95. The molecule has 0 aromatic carbocycles. The number of likely N-dealkylation sites (tertiary alicyclic amines) is 1. The zero-order chi connectivity index (χ0) is 30.9. The number of halogens is 1. The van der Waals surface area contributed by atoms with E-state index in [2.05, 4.69) is 62.7 Å². The molecule has 7 unspecified atom stereocenters. The molecular weight excluding hydrogens is 562 g/mol. The summed E-state index contributed by atoms with van der Waals surface area (Å²) < 4.78 is 49.4. The Bertz CT molecular complexity index is 1140. The highest BCUT2D eigenvalue weighted by atomic mass is 35.7. The molecule has 0 saturated carbocycles. The lowest BCUT2D eigenvalue weighted by Crippen LogP contribution is -2.77. The monoisotopic (exact) mass is 611 g/mol. The molecule has 0 amide bonds. The molecule has 42 heavy (non-hydrogen) atoms. The predicted molar refractivity (Wildman–Crippen MR) is 149 cm³/mol. The first-order valence-electron chi connectivity index (χ1n) is 15.8. The van der Waals surface area contributed by atoms with Crippen LogP contribution in [0.2, 0.25) is 0 Å². The molecule has 0 aromatic heterocycles. The van der Waals surface area contributed by atoms with E-state index in [9.17, 15) is 4.79 Å². The van der Waals surface area contributed by atoms with Crippen LogP contribution in [0.15, 0.2) is 35.3 Å². The van der Waals surface area contributed by atoms with Crippen LogP contribution >= 0.6 is 0 Å². The third-order valence-corrected chi connectivity index (χ3v) is 10.4. The number of hydrogen-bond acceptors (Lipinski definition) is 8. The SMILES string of the molecule is CCOC(=O)C1C(C)NC2=CC=C3OC4(CC)C(C=C3C21)CCC[N+]4(CC)C1CCCC(CC)=[N+]1CC.[O-][Cl+3]([O-])([O-])O. The maximum atomic E-state index is 13.1. The third kappa shape index (κ3) is 5.78. The number of ether oxygens (including phenoxy) is 2. The van der Waals surface area contributed by atoms with Gasteiger partial charge in [0, 0.05) is 42.5 Å². The highest BCUT2D eigenvalue weighted by Gasteiger charge is 2.66. The van der Waals surface area contributed by atoms with E-state index in [0.717, 1.165) is 48.3 Å². The number of hydrogen-bond donors (Lipinski definition) is 2. The molecular formula is C31H50ClN3O7+2. The molecule has 5 rings (SSSR count). The Labute approximate surface area is 252 Å². The maximum absolute atomic E-state index is 13.1. The van der Waals surface area contributed by atoms with E-state index in [1.54, 1.807) is 5.71 Å². The second-order valence-electron chi connectivity index (χ2n) is 12.1. The molecule has 0 aromatic rings. The van der Waals surface area contributed by atoms with Crippen molar-refractivity contribution in [1.82, 2.24) is 5.32 Å². The van der Waals surface area contributed by atoms with Gasteiger partial charge in [0.2, 0.25) is 0 Å². The van der Waals surface area contributed by atoms with Gasteiger partial charge in [-0.1, -0.05) is 19.9 Å². The minimum absolute atomic E-state index is 0.00351. The Morgan fingerprint density at radius 3 is 2.50 bits per heavy atom. The summed E-state index contributed by atoms with van der Waals surface area (Å²) in [5.74, 6) is 0.992. The Kier molecular flexibility index (Phi) is 10.2. The van der Waals surface area contributed by atoms with Gasteiger partial charge < -0.3 is 14.8 Å². The Balaban J connectivity index is 0.000000748. The minimum Gasteiger partial charge on any atom is -0.466 e. The van der Waals surface area contributed by atoms with Gasteiger partial charge in [-0.3, -0.25) is 4.79 Å². The van der Waals surface area contributed by atoms with Gasteiger partial charge in [0.05, 0.1) is 52.9 Å². The van der Waals surface area contributed by atoms with Gasteiger partial charge in [-0.15, -0.1) is 0 Å². The van der Waals surface area contributed by atoms with E-state index in [1.165, 1.54) is 37.8 Å². The van der Waals surface area contributed by atoms with Crippen LogP contribution in [-0.4, -0.2) is 69.6 Å². The first-order valence-corrected chi connectivity index (χ1v) is 17.0. The van der Waals surface area contributed by atoms with Crippen molar-refractivity contribution in [1.29, 1.82) is 0 Å². The number of esters is 1. The lowest BCUT2D eigenvalue weighted by Gasteiger charge is -2.60. The van der Waals surface area contributed by atoms with Crippen LogP contribution < -0.4 is 19.3 Å². The summed E-state index contributed by atoms with van der Waals surface area (Å²) in [7, 11) is -4.69. The summed E-state index contributed by atoms with van der Waals surface area (Å²) in [6, 6.07) is 0.0435. The highest BCUT2D eigenvalue weighted by Crippen LogP contribution is 2.55. The van der Waals surface area contributed by atoms with Gasteiger partial charge in [-0.25, -0.2) is 4.48 Å². The number of nitrogens with one attached hydrogen (secondary N) is 1. The molecule has 2 fully saturated rings. The van der Waals surface area contributed by atoms with E-state index >= 15 is 0 Å². The van der Waals surface area contributed by atoms with Crippen molar-refractivity contribution in [3.8, 4) is 0 Å². The van der Waals surface area contributed by atoms with Crippen molar-refractivity contribution in [2.45, 2.75) is 104 Å². The molecule has 236 valence electrons. The van der Waals surface area contributed by atoms with Crippen LogP contribution in [0, 0.1) is 28.0 Å². The normalized spacial score (nSPS) is 35.6. The molecule has 1 aliphatic carbocycles. The summed E-state index contributed by atoms with van der Waals surface area (Å²) in [6.45, 7) is 17.1. The quantitative estimate of drug-likeness (QED) is 0.248. The summed E-state index contributed by atoms with van der Waals surface area (Å²) in [4.78, 5) is 13.1. The molecule has 10 nitrogen and oxygen atoms in total. The van der Waals surface area contributed by atoms with Crippen molar-refractivity contribution in [2.24, 2.45) is 17.8 Å². The number of nitrogens with zero attached hydrogens (tertiary/aromatic N) is 2. The maximum Gasteiger partial charge on any atom is 0.312 e. The van der Waals surface area contributed by atoms with Gasteiger partial charge >= 0.3 is 5.97 Å². The van der Waals surface area contributed by atoms with Gasteiger partial charge in [-0.2, -0.15) is 18.6 Å². The molecule has 11 heteroatoms. The summed E-state index contributed by atoms with van der Waals surface area (Å²) in [5.41, 5.74) is 3.68. The van der Waals surface area contributed by atoms with Crippen molar-refractivity contribution in [2.75, 3.05) is 26.2 Å². The average molecular weight is 612 g/mol. The second-order valence-corrected chi connectivity index (χ2v) is 12.9. The zero-order valence-electron chi connectivity index (χ0n) is 26.1. The van der Waals surface area contributed by atoms with E-state index in [4.69, 9.17) is 28.1 Å². The number of piperidine rings is 1. The van der Waals surface area contributed by atoms with Crippen LogP contribution in [0.3, 0.4) is 0 Å². The fourth-order valence-electron chi connectivity index (χ4n) is 8.85. The van der Waals surface area contributed by atoms with E-state index in [1.807, 2.05) is 6.92 Å². The van der Waals surface area contributed by atoms with Gasteiger partial charge in [0.15, 0.2) is 5.71 Å². The zero-order valence-corrected chi connectivity index (χ0v) is 26.8. The number of carbonyl (C=O) groups excluding carboxylic acids is 1. The Morgan fingerprint density at radius 2 is 1.90 bits per heavy atom. The van der Waals surface area contributed by atoms with Crippen LogP contribution in [0.5, 0.6) is 0 Å². The lowest BCUT2D eigenvalue weighted by molar-refractivity contribution is -1.92. The molecule has 4 aliphatic heterocycles. The van der Waals surface area contributed by atoms with Crippen LogP contribution in [0.25, 0.3) is 0 Å². The number of fused-ring (bicyclic) bond motifs is 4. The highest BCUT2D eigenvalue weighted by molar-refractivity contribution is 5.79. The number of rotatable bonds is 7. The van der Waals surface area contributed by atoms with Gasteiger partial charge in [0.1, 0.15) is 12.3 Å². The van der Waals surface area contributed by atoms with Gasteiger partial charge in [-0.05, 0) is 59.1 Å². The van der Waals surface area contributed by atoms with E-state index in [0.29, 0.717) is 18.7 Å². The predicted octanol–water partition coefficient (Wildman–Crippen LogP) is 1.13. The van der Waals surface area contributed by atoms with E-state index in [-0.39, 0.29) is 29.6 Å². The number of quaternary nitrogens is 1. The van der Waals surface area contributed by atoms with Crippen molar-refractivity contribution in [3.05, 3.63) is 35.3 Å². The van der Waals surface area contributed by atoms with Crippen LogP contribution in [0.4, 0.5) is 0 Å². The van der Waals surface area contributed by atoms with E-state index < -0.39 is 10.2 Å². The molecule has 0 bridgehead atoms. The molecule has 0 radical (unpaired) electrons. The molecule has 0 spiro atoms. The fraction of sp³-hybridized carbons (Fsp3) is 0.742. The van der Waals surface area contributed by atoms with Crippen molar-refractivity contribution in [3.63, 3.8) is 0 Å². The fourth-order valence-corrected chi connectivity index (χ4v) is 8.85. The van der Waals surface area contributed by atoms with Crippen molar-refractivity contribution >= 4 is 11.7 Å². The molecule has 2 N–H and O–H groups in total. The Morgan fingerprint density at radius 1 is 1.19 bits per heavy atom. The first-order chi connectivity index (χ1) is 19.9. The minimum atomic E-state index is -4.69. The number of allylic oxidation sites excluding steroid dienone is 4. The van der Waals surface area contributed by atoms with Crippen LogP contribution in [-0.2, 0) is 14.3 Å². The van der Waals surface area contributed by atoms with Gasteiger partial charge in [0.25, 0.3) is 11.9 Å². The molecule has 7 atom stereocenters. The molecule has 5 aliphatic rings. The standard InChI is InChI=1S/C31H49N3O3.ClHO4/c1-7-23-15-12-16-27(33(23)9-3)34(10-4)19-13-14-22-20-24-26(37-31(22,34)8-2)18-17-25-29(24)28(21(6)32-25)30(35)36-11-5;2-1(3,4)5/h17-18,20-22,27-29,32H,7-16,19H2,1-6H3;(H,2,3,4,5)/q+2;. The van der Waals surface area contributed by atoms with Crippen molar-refractivity contribution < 1.29 is 52.2 Å². The first kappa shape index (κ1) is 33.0. The lowest BCUT2D eigenvalue weighted by atomic mass is 9.72. The topological polar surface area (TPSA) is 140 Å². The number of carbonyl (C=O) groups is 1. The average Bonchev–Trinajstić information content (AvgIpc) is 3.30. The van der Waals surface area contributed by atoms with Crippen LogP contribution in [0.1, 0.15) is 86.5 Å². The third-order valence-electron chi connectivity index (χ3n) is 10.4. The molecule has 2 saturated heterocycles. The largest absolute Gasteiger partial charge is 0.466 e. The summed E-state index contributed by atoms with van der Waals surface area (Å²) >= 11 is 0. The summed E-state index contributed by atoms with van der Waals surface area (Å²) in [5, 5.41) is 3.58. The smallest absolute Gasteiger partial charge is 0.312 e. The summed E-state index contributed by atoms with van der Waals surface area (Å²) in [6.07, 6.45) is 15.6. The molecule has 4 heterocycles. The second kappa shape index (κ2) is 13.0.